The molecule has 0 saturated carbocycles. The smallest absolute Gasteiger partial charge is 0.460 e. The zero-order valence-electron chi connectivity index (χ0n) is 17.7. The summed E-state index contributed by atoms with van der Waals surface area (Å²) in [6.07, 6.45) is -13.2. The summed E-state index contributed by atoms with van der Waals surface area (Å²) in [5.74, 6) is -42.9. The molecule has 2 aliphatic rings. The van der Waals surface area contributed by atoms with Crippen LogP contribution in [0.1, 0.15) is 20.3 Å². The fourth-order valence-corrected chi connectivity index (χ4v) is 2.97. The summed E-state index contributed by atoms with van der Waals surface area (Å²) in [6.45, 7) is 0.515. The Balaban J connectivity index is 2.22. The predicted molar refractivity (Wildman–Crippen MR) is 85.8 cm³/mol. The van der Waals surface area contributed by atoms with E-state index in [2.05, 4.69) is 9.47 Å². The van der Waals surface area contributed by atoms with Gasteiger partial charge in [0.15, 0.2) is 17.7 Å². The van der Waals surface area contributed by atoms with Crippen LogP contribution in [-0.4, -0.2) is 78.1 Å². The fraction of sp³-hybridized carbons (Fsp3) is 0.824. The SMILES string of the molecule is CC1(C)OC[C@@H]([C@H]2OC(=O)C(O)=C2OCCC(F)(F)C(F)(F)C(F)(F)C(F)(F)C(F)(F)C(F)(F)F)O1. The minimum Gasteiger partial charge on any atom is -0.499 e. The second-order valence-corrected chi connectivity index (χ2v) is 8.00. The third-order valence-corrected chi connectivity index (χ3v) is 4.96. The maximum Gasteiger partial charge on any atom is 0.460 e. The topological polar surface area (TPSA) is 74.2 Å². The highest BCUT2D eigenvalue weighted by Gasteiger charge is 2.90. The van der Waals surface area contributed by atoms with E-state index < -0.39 is 84.3 Å². The fourth-order valence-electron chi connectivity index (χ4n) is 2.97. The number of aliphatic hydroxyl groups is 1. The summed E-state index contributed by atoms with van der Waals surface area (Å²) in [5.41, 5.74) is 0. The third-order valence-electron chi connectivity index (χ3n) is 4.96. The summed E-state index contributed by atoms with van der Waals surface area (Å²) < 4.78 is 190. The van der Waals surface area contributed by atoms with E-state index in [0.29, 0.717) is 0 Å². The molecule has 0 amide bonds. The van der Waals surface area contributed by atoms with Crippen LogP contribution in [0.15, 0.2) is 11.5 Å². The summed E-state index contributed by atoms with van der Waals surface area (Å²) in [6, 6.07) is 0. The molecule has 0 aliphatic carbocycles. The number of cyclic esters (lactones) is 1. The van der Waals surface area contributed by atoms with Crippen LogP contribution in [-0.2, 0) is 23.7 Å². The number of alkyl halides is 13. The Morgan fingerprint density at radius 2 is 1.39 bits per heavy atom. The highest BCUT2D eigenvalue weighted by molar-refractivity contribution is 5.89. The molecule has 19 heteroatoms. The van der Waals surface area contributed by atoms with Crippen molar-refractivity contribution in [3.8, 4) is 0 Å². The first-order valence-electron chi connectivity index (χ1n) is 9.38. The summed E-state index contributed by atoms with van der Waals surface area (Å²) in [5, 5.41) is 9.65. The quantitative estimate of drug-likeness (QED) is 0.316. The minimum absolute atomic E-state index is 0.353. The second-order valence-electron chi connectivity index (χ2n) is 8.00. The Kier molecular flexibility index (Phi) is 7.26. The Morgan fingerprint density at radius 1 is 0.889 bits per heavy atom. The molecule has 2 rings (SSSR count). The van der Waals surface area contributed by atoms with E-state index in [1.165, 1.54) is 13.8 Å². The number of hydrogen-bond acceptors (Lipinski definition) is 6. The number of halogens is 13. The number of carbonyl (C=O) groups is 1. The number of carbonyl (C=O) groups excluding carboxylic acids is 1. The largest absolute Gasteiger partial charge is 0.499 e. The number of rotatable bonds is 9. The average Bonchev–Trinajstić information content (AvgIpc) is 3.19. The van der Waals surface area contributed by atoms with Gasteiger partial charge in [-0.3, -0.25) is 0 Å². The van der Waals surface area contributed by atoms with Gasteiger partial charge in [-0.25, -0.2) is 4.79 Å². The molecule has 36 heavy (non-hydrogen) atoms. The molecule has 0 radical (unpaired) electrons. The Labute approximate surface area is 191 Å². The maximum absolute atomic E-state index is 13.9. The first-order chi connectivity index (χ1) is 15.8. The highest BCUT2D eigenvalue weighted by Crippen LogP contribution is 2.60. The second kappa shape index (κ2) is 8.70. The Morgan fingerprint density at radius 3 is 1.83 bits per heavy atom. The van der Waals surface area contributed by atoms with E-state index in [4.69, 9.17) is 9.47 Å². The highest BCUT2D eigenvalue weighted by atomic mass is 19.4. The summed E-state index contributed by atoms with van der Waals surface area (Å²) in [7, 11) is 0. The molecule has 6 nitrogen and oxygen atoms in total. The van der Waals surface area contributed by atoms with Gasteiger partial charge in [-0.15, -0.1) is 0 Å². The minimum atomic E-state index is -8.02. The van der Waals surface area contributed by atoms with E-state index in [-0.39, 0.29) is 6.61 Å². The lowest BCUT2D eigenvalue weighted by molar-refractivity contribution is -0.440. The molecule has 1 saturated heterocycles. The molecule has 2 atom stereocenters. The summed E-state index contributed by atoms with van der Waals surface area (Å²) in [4.78, 5) is 11.5. The molecular weight excluding hydrogens is 547 g/mol. The molecule has 0 bridgehead atoms. The van der Waals surface area contributed by atoms with Crippen LogP contribution in [0.3, 0.4) is 0 Å². The standard InChI is InChI=1S/C17H15F13O6/c1-11(2)34-5-6(36-11)8-9(7(31)10(32)35-8)33-4-3-12(18,19)13(20,21)14(22,23)15(24,25)16(26,27)17(28,29)30/h6,8,31H,3-5H2,1-2H3/t6-,8+/m0/s1. The zero-order chi connectivity index (χ0) is 28.3. The van der Waals surface area contributed by atoms with Crippen molar-refractivity contribution in [2.75, 3.05) is 13.2 Å². The molecule has 1 N–H and O–H groups in total. The van der Waals surface area contributed by atoms with Crippen LogP contribution in [0.5, 0.6) is 0 Å². The van der Waals surface area contributed by atoms with Gasteiger partial charge in [-0.1, -0.05) is 0 Å². The van der Waals surface area contributed by atoms with Gasteiger partial charge in [-0.05, 0) is 13.8 Å². The maximum atomic E-state index is 13.9. The molecule has 0 spiro atoms. The van der Waals surface area contributed by atoms with Crippen molar-refractivity contribution in [3.05, 3.63) is 11.5 Å². The molecule has 2 aliphatic heterocycles. The van der Waals surface area contributed by atoms with Gasteiger partial charge in [0.1, 0.15) is 6.10 Å². The van der Waals surface area contributed by atoms with E-state index in [0.717, 1.165) is 0 Å². The average molecular weight is 562 g/mol. The first kappa shape index (κ1) is 30.0. The van der Waals surface area contributed by atoms with Crippen LogP contribution in [0.4, 0.5) is 57.1 Å². The van der Waals surface area contributed by atoms with Crippen molar-refractivity contribution < 1.29 is 85.9 Å². The molecule has 210 valence electrons. The van der Waals surface area contributed by atoms with Crippen molar-refractivity contribution in [2.24, 2.45) is 0 Å². The number of esters is 1. The van der Waals surface area contributed by atoms with Crippen molar-refractivity contribution in [2.45, 2.75) is 74.1 Å². The number of hydrogen-bond donors (Lipinski definition) is 1. The van der Waals surface area contributed by atoms with E-state index in [9.17, 15) is 67.0 Å². The van der Waals surface area contributed by atoms with Gasteiger partial charge in [0.25, 0.3) is 0 Å². The molecule has 1 fully saturated rings. The van der Waals surface area contributed by atoms with Gasteiger partial charge in [0.05, 0.1) is 19.6 Å². The van der Waals surface area contributed by atoms with Crippen LogP contribution < -0.4 is 0 Å². The lowest BCUT2D eigenvalue weighted by Gasteiger charge is -2.39. The summed E-state index contributed by atoms with van der Waals surface area (Å²) >= 11 is 0. The van der Waals surface area contributed by atoms with Gasteiger partial charge < -0.3 is 24.1 Å². The van der Waals surface area contributed by atoms with E-state index in [1.54, 1.807) is 0 Å². The lowest BCUT2D eigenvalue weighted by Crippen LogP contribution is -2.70. The van der Waals surface area contributed by atoms with E-state index >= 15 is 0 Å². The monoisotopic (exact) mass is 562 g/mol. The van der Waals surface area contributed by atoms with Crippen molar-refractivity contribution in [3.63, 3.8) is 0 Å². The molecule has 2 heterocycles. The van der Waals surface area contributed by atoms with E-state index in [1.807, 2.05) is 0 Å². The van der Waals surface area contributed by atoms with Crippen LogP contribution in [0.25, 0.3) is 0 Å². The lowest BCUT2D eigenvalue weighted by atomic mass is 9.93. The molecule has 0 aromatic rings. The number of ether oxygens (including phenoxy) is 4. The van der Waals surface area contributed by atoms with Gasteiger partial charge in [-0.2, -0.15) is 57.1 Å². The first-order valence-corrected chi connectivity index (χ1v) is 9.38. The Hall–Kier alpha value is -2.18. The van der Waals surface area contributed by atoms with Gasteiger partial charge >= 0.3 is 41.8 Å². The van der Waals surface area contributed by atoms with Gasteiger partial charge in [0.2, 0.25) is 5.76 Å². The van der Waals surface area contributed by atoms with Crippen molar-refractivity contribution in [1.82, 2.24) is 0 Å². The van der Waals surface area contributed by atoms with Crippen LogP contribution >= 0.6 is 0 Å². The predicted octanol–water partition coefficient (Wildman–Crippen LogP) is 4.98. The normalized spacial score (nSPS) is 24.4. The molecule has 0 aromatic heterocycles. The van der Waals surface area contributed by atoms with Crippen LogP contribution in [0, 0.1) is 0 Å². The van der Waals surface area contributed by atoms with Crippen molar-refractivity contribution in [1.29, 1.82) is 0 Å². The zero-order valence-corrected chi connectivity index (χ0v) is 17.7. The molecule has 0 aromatic carbocycles. The van der Waals surface area contributed by atoms with Crippen molar-refractivity contribution >= 4 is 5.97 Å². The molecule has 0 unspecified atom stereocenters. The Bertz CT molecular complexity index is 896. The third kappa shape index (κ3) is 4.63. The number of aliphatic hydroxyl groups excluding tert-OH is 1. The van der Waals surface area contributed by atoms with Gasteiger partial charge in [0, 0.05) is 0 Å². The molecular formula is C17H15F13O6. The van der Waals surface area contributed by atoms with Crippen LogP contribution in [0.2, 0.25) is 0 Å².